The van der Waals surface area contributed by atoms with Gasteiger partial charge in [-0.15, -0.1) is 0 Å². The minimum absolute atomic E-state index is 0.191. The fourth-order valence-electron chi connectivity index (χ4n) is 2.55. The van der Waals surface area contributed by atoms with Crippen LogP contribution in [0.25, 0.3) is 10.9 Å². The van der Waals surface area contributed by atoms with Crippen molar-refractivity contribution >= 4 is 51.6 Å². The van der Waals surface area contributed by atoms with Gasteiger partial charge in [-0.3, -0.25) is 4.79 Å². The van der Waals surface area contributed by atoms with Crippen molar-refractivity contribution in [3.63, 3.8) is 0 Å². The second-order valence-electron chi connectivity index (χ2n) is 5.53. The number of nitrogens with one attached hydrogen (secondary N) is 1. The Balaban J connectivity index is 1.86. The summed E-state index contributed by atoms with van der Waals surface area (Å²) < 4.78 is 1.82. The molecular weight excluding hydrogens is 369 g/mol. The molecule has 0 fully saturated rings. The van der Waals surface area contributed by atoms with Crippen LogP contribution in [-0.4, -0.2) is 15.5 Å². The van der Waals surface area contributed by atoms with Crippen molar-refractivity contribution in [1.82, 2.24) is 14.9 Å². The van der Waals surface area contributed by atoms with Crippen LogP contribution in [-0.2, 0) is 7.05 Å². The second-order valence-corrected chi connectivity index (χ2v) is 6.73. The van der Waals surface area contributed by atoms with E-state index in [2.05, 4.69) is 10.3 Å². The van der Waals surface area contributed by atoms with Crippen LogP contribution in [0.1, 0.15) is 29.0 Å². The van der Waals surface area contributed by atoms with Crippen LogP contribution >= 0.6 is 34.8 Å². The summed E-state index contributed by atoms with van der Waals surface area (Å²) in [6.07, 6.45) is 1.60. The molecule has 3 rings (SSSR count). The van der Waals surface area contributed by atoms with E-state index in [1.165, 1.54) is 0 Å². The highest BCUT2D eigenvalue weighted by Gasteiger charge is 2.17. The summed E-state index contributed by atoms with van der Waals surface area (Å²) in [4.78, 5) is 16.6. The summed E-state index contributed by atoms with van der Waals surface area (Å²) >= 11 is 17.8. The molecule has 0 saturated heterocycles. The molecule has 7 heteroatoms. The van der Waals surface area contributed by atoms with E-state index in [-0.39, 0.29) is 17.1 Å². The van der Waals surface area contributed by atoms with E-state index in [4.69, 9.17) is 34.8 Å². The summed E-state index contributed by atoms with van der Waals surface area (Å²) in [5.74, 6) is -0.191. The number of halogens is 3. The maximum absolute atomic E-state index is 12.6. The minimum atomic E-state index is -0.263. The molecule has 0 radical (unpaired) electrons. The van der Waals surface area contributed by atoms with E-state index < -0.39 is 0 Å². The zero-order valence-electron chi connectivity index (χ0n) is 13.0. The van der Waals surface area contributed by atoms with Crippen LogP contribution in [0.2, 0.25) is 15.2 Å². The zero-order chi connectivity index (χ0) is 17.4. The summed E-state index contributed by atoms with van der Waals surface area (Å²) in [6, 6.07) is 8.79. The molecule has 0 bridgehead atoms. The third kappa shape index (κ3) is 3.22. The van der Waals surface area contributed by atoms with Gasteiger partial charge in [0.2, 0.25) is 0 Å². The molecule has 1 amide bonds. The lowest BCUT2D eigenvalue weighted by Gasteiger charge is -2.15. The van der Waals surface area contributed by atoms with Gasteiger partial charge < -0.3 is 9.88 Å². The number of aryl methyl sites for hydroxylation is 1. The van der Waals surface area contributed by atoms with Gasteiger partial charge in [0.1, 0.15) is 10.8 Å². The van der Waals surface area contributed by atoms with Crippen molar-refractivity contribution in [2.24, 2.45) is 7.05 Å². The van der Waals surface area contributed by atoms with Gasteiger partial charge in [0.25, 0.3) is 5.91 Å². The van der Waals surface area contributed by atoms with Crippen LogP contribution in [0.5, 0.6) is 0 Å². The number of rotatable bonds is 3. The van der Waals surface area contributed by atoms with Crippen molar-refractivity contribution in [2.45, 2.75) is 13.0 Å². The fraction of sp³-hybridized carbons (Fsp3) is 0.176. The third-order valence-corrected chi connectivity index (χ3v) is 4.83. The SMILES string of the molecule is CC(NC(=O)c1cc2ccc(Cl)cc2n1C)c1cnc(Cl)c(Cl)c1. The van der Waals surface area contributed by atoms with E-state index in [9.17, 15) is 4.79 Å². The first-order chi connectivity index (χ1) is 11.4. The number of nitrogens with zero attached hydrogens (tertiary/aromatic N) is 2. The van der Waals surface area contributed by atoms with Gasteiger partial charge in [-0.05, 0) is 36.8 Å². The quantitative estimate of drug-likeness (QED) is 0.646. The molecule has 0 aliphatic rings. The first kappa shape index (κ1) is 17.1. The van der Waals surface area contributed by atoms with Crippen LogP contribution in [0.3, 0.4) is 0 Å². The predicted molar refractivity (Wildman–Crippen MR) is 98.1 cm³/mol. The first-order valence-electron chi connectivity index (χ1n) is 7.23. The number of aromatic nitrogens is 2. The maximum atomic E-state index is 12.6. The lowest BCUT2D eigenvalue weighted by molar-refractivity contribution is 0.0932. The largest absolute Gasteiger partial charge is 0.344 e. The Labute approximate surface area is 154 Å². The van der Waals surface area contributed by atoms with E-state index in [1.54, 1.807) is 18.3 Å². The topological polar surface area (TPSA) is 46.9 Å². The molecule has 3 aromatic rings. The zero-order valence-corrected chi connectivity index (χ0v) is 15.2. The lowest BCUT2D eigenvalue weighted by atomic mass is 10.1. The minimum Gasteiger partial charge on any atom is -0.344 e. The number of fused-ring (bicyclic) bond motifs is 1. The van der Waals surface area contributed by atoms with Crippen LogP contribution in [0, 0.1) is 0 Å². The number of benzene rings is 1. The van der Waals surface area contributed by atoms with Gasteiger partial charge in [0.05, 0.1) is 11.1 Å². The maximum Gasteiger partial charge on any atom is 0.268 e. The number of hydrogen-bond donors (Lipinski definition) is 1. The molecule has 0 aliphatic carbocycles. The number of carbonyl (C=O) groups excluding carboxylic acids is 1. The Bertz CT molecular complexity index is 936. The monoisotopic (exact) mass is 381 g/mol. The highest BCUT2D eigenvalue weighted by atomic mass is 35.5. The number of pyridine rings is 1. The highest BCUT2D eigenvalue weighted by Crippen LogP contribution is 2.25. The van der Waals surface area contributed by atoms with Crippen molar-refractivity contribution < 1.29 is 4.79 Å². The van der Waals surface area contributed by atoms with Gasteiger partial charge >= 0.3 is 0 Å². The smallest absolute Gasteiger partial charge is 0.268 e. The fourth-order valence-corrected chi connectivity index (χ4v) is 2.99. The second kappa shape index (κ2) is 6.63. The molecule has 2 heterocycles. The standard InChI is InChI=1S/C17H14Cl3N3O/c1-9(11-5-13(19)16(20)21-8-11)22-17(24)15-6-10-3-4-12(18)7-14(10)23(15)2/h3-9H,1-2H3,(H,22,24). The van der Waals surface area contributed by atoms with E-state index in [0.29, 0.717) is 15.7 Å². The van der Waals surface area contributed by atoms with Gasteiger partial charge in [0.15, 0.2) is 0 Å². The van der Waals surface area contributed by atoms with Gasteiger partial charge in [-0.2, -0.15) is 0 Å². The summed E-state index contributed by atoms with van der Waals surface area (Å²) in [5.41, 5.74) is 2.23. The Hall–Kier alpha value is -1.75. The molecule has 0 aliphatic heterocycles. The Morgan fingerprint density at radius 2 is 1.96 bits per heavy atom. The summed E-state index contributed by atoms with van der Waals surface area (Å²) in [5, 5.41) is 5.12. The van der Waals surface area contributed by atoms with E-state index in [1.807, 2.05) is 36.7 Å². The Morgan fingerprint density at radius 1 is 1.21 bits per heavy atom. The van der Waals surface area contributed by atoms with Gasteiger partial charge in [-0.25, -0.2) is 4.98 Å². The highest BCUT2D eigenvalue weighted by molar-refractivity contribution is 6.41. The summed E-state index contributed by atoms with van der Waals surface area (Å²) in [6.45, 7) is 1.86. The molecule has 0 spiro atoms. The molecular formula is C17H14Cl3N3O. The van der Waals surface area contributed by atoms with Crippen LogP contribution in [0.15, 0.2) is 36.5 Å². The molecule has 0 saturated carbocycles. The molecule has 124 valence electrons. The van der Waals surface area contributed by atoms with Gasteiger partial charge in [-0.1, -0.05) is 40.9 Å². The predicted octanol–water partition coefficient (Wildman–Crippen LogP) is 5.02. The van der Waals surface area contributed by atoms with Crippen LogP contribution in [0.4, 0.5) is 0 Å². The van der Waals surface area contributed by atoms with Crippen molar-refractivity contribution in [3.05, 3.63) is 63.0 Å². The normalized spacial score (nSPS) is 12.4. The number of amides is 1. The molecule has 24 heavy (non-hydrogen) atoms. The number of hydrogen-bond acceptors (Lipinski definition) is 2. The lowest BCUT2D eigenvalue weighted by Crippen LogP contribution is -2.28. The molecule has 1 aromatic carbocycles. The molecule has 1 N–H and O–H groups in total. The molecule has 1 unspecified atom stereocenters. The average Bonchev–Trinajstić information content (AvgIpc) is 2.86. The van der Waals surface area contributed by atoms with Crippen molar-refractivity contribution in [2.75, 3.05) is 0 Å². The van der Waals surface area contributed by atoms with Crippen molar-refractivity contribution in [3.8, 4) is 0 Å². The van der Waals surface area contributed by atoms with Gasteiger partial charge in [0, 0.05) is 29.2 Å². The van der Waals surface area contributed by atoms with Crippen LogP contribution < -0.4 is 5.32 Å². The Morgan fingerprint density at radius 3 is 2.67 bits per heavy atom. The molecule has 4 nitrogen and oxygen atoms in total. The third-order valence-electron chi connectivity index (χ3n) is 3.91. The molecule has 2 aromatic heterocycles. The molecule has 1 atom stereocenters. The van der Waals surface area contributed by atoms with Crippen molar-refractivity contribution in [1.29, 1.82) is 0 Å². The first-order valence-corrected chi connectivity index (χ1v) is 8.37. The number of carbonyl (C=O) groups is 1. The van der Waals surface area contributed by atoms with E-state index >= 15 is 0 Å². The summed E-state index contributed by atoms with van der Waals surface area (Å²) in [7, 11) is 1.83. The average molecular weight is 383 g/mol. The van der Waals surface area contributed by atoms with E-state index in [0.717, 1.165) is 16.5 Å². The Kier molecular flexibility index (Phi) is 4.72.